The van der Waals surface area contributed by atoms with Gasteiger partial charge in [-0.3, -0.25) is 19.7 Å². The Morgan fingerprint density at radius 2 is 1.57 bits per heavy atom. The monoisotopic (exact) mass is 569 g/mol. The van der Waals surface area contributed by atoms with Crippen molar-refractivity contribution in [3.63, 3.8) is 0 Å². The van der Waals surface area contributed by atoms with Crippen LogP contribution in [0.3, 0.4) is 0 Å². The van der Waals surface area contributed by atoms with Crippen LogP contribution >= 0.6 is 0 Å². The summed E-state index contributed by atoms with van der Waals surface area (Å²) < 4.78 is 2.03. The Morgan fingerprint density at radius 3 is 2.19 bits per heavy atom. The van der Waals surface area contributed by atoms with Crippen LogP contribution in [0.15, 0.2) is 85.3 Å². The molecule has 0 aliphatic heterocycles. The summed E-state index contributed by atoms with van der Waals surface area (Å²) >= 11 is 0. The Morgan fingerprint density at radius 1 is 0.929 bits per heavy atom. The van der Waals surface area contributed by atoms with Crippen LogP contribution in [0.4, 0.5) is 0 Å². The fourth-order valence-corrected chi connectivity index (χ4v) is 4.68. The zero-order valence-corrected chi connectivity index (χ0v) is 23.4. The van der Waals surface area contributed by atoms with Crippen molar-refractivity contribution in [1.29, 1.82) is 0 Å². The van der Waals surface area contributed by atoms with Gasteiger partial charge in [-0.05, 0) is 54.5 Å². The van der Waals surface area contributed by atoms with E-state index < -0.39 is 30.1 Å². The molecule has 3 aromatic carbocycles. The number of nitrogens with one attached hydrogen (secondary N) is 2. The predicted molar refractivity (Wildman–Crippen MR) is 159 cm³/mol. The van der Waals surface area contributed by atoms with Gasteiger partial charge in [0.2, 0.25) is 11.8 Å². The van der Waals surface area contributed by atoms with Crippen LogP contribution in [0.5, 0.6) is 0 Å². The van der Waals surface area contributed by atoms with Crippen molar-refractivity contribution in [3.05, 3.63) is 96.6 Å². The molecular weight excluding hydrogens is 534 g/mol. The van der Waals surface area contributed by atoms with Crippen LogP contribution in [0.2, 0.25) is 0 Å². The number of carbonyl (C=O) groups excluding carboxylic acids is 2. The van der Waals surface area contributed by atoms with Crippen molar-refractivity contribution >= 4 is 17.8 Å². The summed E-state index contributed by atoms with van der Waals surface area (Å²) in [7, 11) is 0. The van der Waals surface area contributed by atoms with Crippen LogP contribution in [0, 0.1) is 6.92 Å². The number of aliphatic carboxylic acids is 1. The molecule has 0 saturated heterocycles. The highest BCUT2D eigenvalue weighted by Gasteiger charge is 2.22. The Labute approximate surface area is 244 Å². The number of rotatable bonds is 14. The van der Waals surface area contributed by atoms with Crippen LogP contribution < -0.4 is 16.4 Å². The van der Waals surface area contributed by atoms with E-state index in [2.05, 4.69) is 52.0 Å². The maximum atomic E-state index is 12.3. The quantitative estimate of drug-likeness (QED) is 0.146. The molecule has 2 amide bonds. The summed E-state index contributed by atoms with van der Waals surface area (Å²) in [5.41, 5.74) is 12.4. The second-order valence-electron chi connectivity index (χ2n) is 10.1. The molecule has 0 spiro atoms. The molecule has 10 heteroatoms. The highest BCUT2D eigenvalue weighted by Crippen LogP contribution is 2.29. The number of aliphatic hydroxyl groups excluding tert-OH is 1. The number of amides is 2. The molecule has 0 radical (unpaired) electrons. The number of aromatic nitrogens is 2. The van der Waals surface area contributed by atoms with Gasteiger partial charge in [0, 0.05) is 18.2 Å². The van der Waals surface area contributed by atoms with Gasteiger partial charge in [0.25, 0.3) is 0 Å². The predicted octanol–water partition coefficient (Wildman–Crippen LogP) is 3.19. The molecule has 0 aliphatic carbocycles. The van der Waals surface area contributed by atoms with E-state index in [9.17, 15) is 19.5 Å². The number of aryl methyl sites for hydroxylation is 2. The molecular formula is C32H35N5O5. The third-order valence-electron chi connectivity index (χ3n) is 6.88. The lowest BCUT2D eigenvalue weighted by molar-refractivity contribution is -0.137. The lowest BCUT2D eigenvalue weighted by Crippen LogP contribution is -2.50. The minimum atomic E-state index is -1.07. The number of imidazole rings is 1. The van der Waals surface area contributed by atoms with E-state index in [1.54, 1.807) is 0 Å². The van der Waals surface area contributed by atoms with Crippen LogP contribution in [-0.4, -0.2) is 56.4 Å². The first-order valence-electron chi connectivity index (χ1n) is 13.7. The smallest absolute Gasteiger partial charge is 0.303 e. The Hall–Kier alpha value is -4.80. The average molecular weight is 570 g/mol. The topological polar surface area (TPSA) is 160 Å². The SMILES string of the molecule is Cc1cn(-c2ccccc2-c2ccc(-c3ccc(CCC(O)N[C@@H](CCC(=O)O)C(=O)NCC(N)=O)cc3)cc2)cn1. The lowest BCUT2D eigenvalue weighted by atomic mass is 9.98. The molecule has 4 rings (SSSR count). The summed E-state index contributed by atoms with van der Waals surface area (Å²) in [6.07, 6.45) is 3.30. The number of primary amides is 1. The number of para-hydroxylation sites is 1. The van der Waals surface area contributed by atoms with Crippen LogP contribution in [-0.2, 0) is 20.8 Å². The summed E-state index contributed by atoms with van der Waals surface area (Å²) in [6.45, 7) is 1.60. The van der Waals surface area contributed by atoms with E-state index in [1.165, 1.54) is 0 Å². The maximum absolute atomic E-state index is 12.3. The molecule has 0 bridgehead atoms. The first-order valence-corrected chi connectivity index (χ1v) is 13.7. The molecule has 1 aromatic heterocycles. The number of benzene rings is 3. The van der Waals surface area contributed by atoms with Crippen molar-refractivity contribution < 1.29 is 24.6 Å². The molecule has 218 valence electrons. The number of carboxylic acids is 1. The van der Waals surface area contributed by atoms with Gasteiger partial charge in [0.1, 0.15) is 6.23 Å². The Kier molecular flexibility index (Phi) is 10.2. The van der Waals surface area contributed by atoms with E-state index in [-0.39, 0.29) is 19.4 Å². The minimum Gasteiger partial charge on any atom is -0.481 e. The van der Waals surface area contributed by atoms with Gasteiger partial charge in [-0.25, -0.2) is 4.98 Å². The molecule has 4 aromatic rings. The number of aliphatic hydroxyl groups is 1. The van der Waals surface area contributed by atoms with Gasteiger partial charge in [-0.1, -0.05) is 66.7 Å². The van der Waals surface area contributed by atoms with Crippen molar-refractivity contribution in [3.8, 4) is 27.9 Å². The molecule has 0 saturated carbocycles. The van der Waals surface area contributed by atoms with Crippen molar-refractivity contribution in [2.75, 3.05) is 6.54 Å². The average Bonchev–Trinajstić information content (AvgIpc) is 3.43. The number of hydrogen-bond acceptors (Lipinski definition) is 6. The summed E-state index contributed by atoms with van der Waals surface area (Å²) in [4.78, 5) is 38.6. The number of nitrogens with two attached hydrogens (primary N) is 1. The first-order chi connectivity index (χ1) is 20.2. The van der Waals surface area contributed by atoms with E-state index in [0.717, 1.165) is 39.2 Å². The Bertz CT molecular complexity index is 1520. The second kappa shape index (κ2) is 14.2. The number of hydrogen-bond donors (Lipinski definition) is 5. The van der Waals surface area contributed by atoms with Crippen molar-refractivity contribution in [2.24, 2.45) is 5.73 Å². The fraction of sp³-hybridized carbons (Fsp3) is 0.250. The van der Waals surface area contributed by atoms with Gasteiger partial charge in [0.05, 0.1) is 30.3 Å². The largest absolute Gasteiger partial charge is 0.481 e. The van der Waals surface area contributed by atoms with Crippen molar-refractivity contribution in [1.82, 2.24) is 20.2 Å². The van der Waals surface area contributed by atoms with Crippen LogP contribution in [0.25, 0.3) is 27.9 Å². The summed E-state index contributed by atoms with van der Waals surface area (Å²) in [5.74, 6) is -2.38. The van der Waals surface area contributed by atoms with Gasteiger partial charge in [0.15, 0.2) is 0 Å². The van der Waals surface area contributed by atoms with Crippen molar-refractivity contribution in [2.45, 2.75) is 44.9 Å². The van der Waals surface area contributed by atoms with E-state index in [4.69, 9.17) is 10.8 Å². The van der Waals surface area contributed by atoms with Gasteiger partial charge in [-0.15, -0.1) is 0 Å². The molecule has 42 heavy (non-hydrogen) atoms. The zero-order valence-electron chi connectivity index (χ0n) is 23.4. The third-order valence-corrected chi connectivity index (χ3v) is 6.88. The van der Waals surface area contributed by atoms with E-state index >= 15 is 0 Å². The summed E-state index contributed by atoms with van der Waals surface area (Å²) in [5, 5.41) is 24.6. The van der Waals surface area contributed by atoms with Gasteiger partial charge in [-0.2, -0.15) is 0 Å². The number of carbonyl (C=O) groups is 3. The molecule has 2 atom stereocenters. The highest BCUT2D eigenvalue weighted by atomic mass is 16.4. The molecule has 1 unspecified atom stereocenters. The molecule has 0 aliphatic rings. The molecule has 10 nitrogen and oxygen atoms in total. The van der Waals surface area contributed by atoms with Gasteiger partial charge >= 0.3 is 5.97 Å². The third kappa shape index (κ3) is 8.35. The molecule has 1 heterocycles. The molecule has 6 N–H and O–H groups in total. The summed E-state index contributed by atoms with van der Waals surface area (Å²) in [6, 6.07) is 23.7. The highest BCUT2D eigenvalue weighted by molar-refractivity contribution is 5.87. The number of carboxylic acid groups (broad SMARTS) is 1. The maximum Gasteiger partial charge on any atom is 0.303 e. The van der Waals surface area contributed by atoms with E-state index in [0.29, 0.717) is 12.8 Å². The lowest BCUT2D eigenvalue weighted by Gasteiger charge is -2.21. The minimum absolute atomic E-state index is 0.0424. The second-order valence-corrected chi connectivity index (χ2v) is 10.1. The fourth-order valence-electron chi connectivity index (χ4n) is 4.68. The first kappa shape index (κ1) is 30.2. The molecule has 0 fully saturated rings. The van der Waals surface area contributed by atoms with E-state index in [1.807, 2.05) is 60.4 Å². The standard InChI is InChI=1S/C32H35N5O5/c1-21-19-37(20-35-21)28-5-3-2-4-26(28)25-13-11-24(12-14-25)23-9-6-22(7-10-23)8-16-30(39)36-27(15-17-31(40)41)32(42)34-18-29(33)38/h2-7,9-14,19-20,27,30,36,39H,8,15-18H2,1H3,(H2,33,38)(H,34,42)(H,40,41)/t27-,30?/m0/s1. The number of nitrogens with zero attached hydrogens (tertiary/aromatic N) is 2. The Balaban J connectivity index is 1.36. The van der Waals surface area contributed by atoms with Crippen LogP contribution in [0.1, 0.15) is 30.5 Å². The van der Waals surface area contributed by atoms with Gasteiger partial charge < -0.3 is 25.8 Å². The zero-order chi connectivity index (χ0) is 30.1. The normalized spacial score (nSPS) is 12.4.